The number of carbonyl (C=O) groups excluding carboxylic acids is 2. The highest BCUT2D eigenvalue weighted by molar-refractivity contribution is 5.76. The molecule has 2 unspecified atom stereocenters. The predicted octanol–water partition coefficient (Wildman–Crippen LogP) is 26.4. The average Bonchev–Trinajstić information content (AvgIpc) is 3.52. The van der Waals surface area contributed by atoms with E-state index in [9.17, 15) is 19.8 Å². The van der Waals surface area contributed by atoms with Crippen molar-refractivity contribution >= 4 is 11.9 Å². The van der Waals surface area contributed by atoms with E-state index in [1.807, 2.05) is 6.08 Å². The summed E-state index contributed by atoms with van der Waals surface area (Å²) in [4.78, 5) is 24.7. The third-order valence-electron chi connectivity index (χ3n) is 19.0. The molecule has 0 heterocycles. The number of aliphatic hydroxyl groups is 2. The summed E-state index contributed by atoms with van der Waals surface area (Å²) in [5.74, 6) is -0.0410. The van der Waals surface area contributed by atoms with E-state index < -0.39 is 12.1 Å². The van der Waals surface area contributed by atoms with E-state index in [-0.39, 0.29) is 18.5 Å². The molecule has 0 radical (unpaired) electrons. The minimum Gasteiger partial charge on any atom is -0.466 e. The number of hydrogen-bond donors (Lipinski definition) is 3. The molecule has 0 saturated carbocycles. The fourth-order valence-corrected chi connectivity index (χ4v) is 12.9. The van der Waals surface area contributed by atoms with Crippen molar-refractivity contribution in [2.24, 2.45) is 0 Å². The molecule has 0 spiro atoms. The SMILES string of the molecule is CCCCCCCCC/C=C\CCCCCCCCCC(=O)OCCCCCCCCCCCCCCCCCCCCCCCCCCCCCCCCC(=O)NC(CO)C(O)/C=C/CCCCCCCCCCCCCCCCCCCCCC. The van der Waals surface area contributed by atoms with E-state index in [0.29, 0.717) is 19.4 Å². The van der Waals surface area contributed by atoms with Crippen LogP contribution in [-0.2, 0) is 14.3 Å². The molecule has 1 amide bonds. The van der Waals surface area contributed by atoms with E-state index >= 15 is 0 Å². The number of nitrogens with one attached hydrogen (secondary N) is 1. The van der Waals surface area contributed by atoms with Gasteiger partial charge in [0.25, 0.3) is 0 Å². The van der Waals surface area contributed by atoms with E-state index in [4.69, 9.17) is 4.74 Å². The lowest BCUT2D eigenvalue weighted by Gasteiger charge is -2.20. The van der Waals surface area contributed by atoms with E-state index in [2.05, 4.69) is 31.3 Å². The Hall–Kier alpha value is -1.66. The summed E-state index contributed by atoms with van der Waals surface area (Å²) >= 11 is 0. The minimum absolute atomic E-state index is 0.0180. The molecule has 87 heavy (non-hydrogen) atoms. The summed E-state index contributed by atoms with van der Waals surface area (Å²) in [5.41, 5.74) is 0. The van der Waals surface area contributed by atoms with Crippen LogP contribution in [0.2, 0.25) is 0 Å². The van der Waals surface area contributed by atoms with Crippen molar-refractivity contribution in [2.45, 2.75) is 469 Å². The summed E-state index contributed by atoms with van der Waals surface area (Å²) in [6, 6.07) is -0.626. The fraction of sp³-hybridized carbons (Fsp3) is 0.926. The zero-order valence-corrected chi connectivity index (χ0v) is 59.3. The number of allylic oxidation sites excluding steroid dienone is 3. The number of unbranched alkanes of at least 4 members (excludes halogenated alkanes) is 63. The third-order valence-corrected chi connectivity index (χ3v) is 19.0. The van der Waals surface area contributed by atoms with Crippen molar-refractivity contribution in [1.82, 2.24) is 5.32 Å². The van der Waals surface area contributed by atoms with Gasteiger partial charge in [0.2, 0.25) is 5.91 Å². The van der Waals surface area contributed by atoms with Crippen molar-refractivity contribution in [3.05, 3.63) is 24.3 Å². The van der Waals surface area contributed by atoms with E-state index in [1.54, 1.807) is 6.08 Å². The highest BCUT2D eigenvalue weighted by Gasteiger charge is 2.18. The zero-order valence-electron chi connectivity index (χ0n) is 59.3. The maximum atomic E-state index is 12.5. The highest BCUT2D eigenvalue weighted by Crippen LogP contribution is 2.20. The molecule has 0 aliphatic heterocycles. The molecule has 3 N–H and O–H groups in total. The van der Waals surface area contributed by atoms with Gasteiger partial charge in [-0.3, -0.25) is 9.59 Å². The van der Waals surface area contributed by atoms with Crippen molar-refractivity contribution in [2.75, 3.05) is 13.2 Å². The summed E-state index contributed by atoms with van der Waals surface area (Å²) in [6.45, 7) is 4.96. The third kappa shape index (κ3) is 73.3. The Balaban J connectivity index is 3.35. The molecule has 0 aromatic carbocycles. The lowest BCUT2D eigenvalue weighted by atomic mass is 10.0. The number of ether oxygens (including phenoxy) is 1. The monoisotopic (exact) mass is 1220 g/mol. The molecular formula is C81H157NO5. The van der Waals surface area contributed by atoms with Crippen molar-refractivity contribution in [3.8, 4) is 0 Å². The van der Waals surface area contributed by atoms with Crippen LogP contribution >= 0.6 is 0 Å². The van der Waals surface area contributed by atoms with Crippen LogP contribution < -0.4 is 5.32 Å². The van der Waals surface area contributed by atoms with Crippen LogP contribution in [-0.4, -0.2) is 47.4 Å². The van der Waals surface area contributed by atoms with Gasteiger partial charge in [0.15, 0.2) is 0 Å². The Morgan fingerprint density at radius 1 is 0.310 bits per heavy atom. The Morgan fingerprint density at radius 2 is 0.540 bits per heavy atom. The number of aliphatic hydroxyl groups excluding tert-OH is 2. The van der Waals surface area contributed by atoms with Crippen molar-refractivity contribution in [1.29, 1.82) is 0 Å². The molecule has 6 nitrogen and oxygen atoms in total. The standard InChI is InChI=1S/C81H157NO5/c1-3-5-7-9-11-13-15-17-19-21-23-24-35-38-41-45-49-53-57-61-65-69-73-79(84)78(77-83)82-80(85)74-70-66-62-58-54-50-46-42-39-36-33-31-29-27-25-26-28-30-32-34-37-40-44-48-52-56-60-64-68-72-76-87-81(86)75-71-67-63-59-55-51-47-43-22-20-18-16-14-12-10-8-6-4-2/h20,22,69,73,78-79,83-84H,3-19,21,23-68,70-72,74-77H2,1-2H3,(H,82,85)/b22-20-,73-69+. The first-order valence-electron chi connectivity index (χ1n) is 40.1. The van der Waals surface area contributed by atoms with Crippen molar-refractivity contribution in [3.63, 3.8) is 0 Å². The molecule has 0 aromatic heterocycles. The van der Waals surface area contributed by atoms with Gasteiger partial charge in [0, 0.05) is 12.8 Å². The maximum Gasteiger partial charge on any atom is 0.305 e. The van der Waals surface area contributed by atoms with Gasteiger partial charge in [-0.05, 0) is 57.8 Å². The molecular weight excluding hydrogens is 1070 g/mol. The van der Waals surface area contributed by atoms with Gasteiger partial charge in [0.05, 0.1) is 25.4 Å². The molecule has 0 aliphatic rings. The Labute approximate surface area is 545 Å². The number of hydrogen-bond acceptors (Lipinski definition) is 5. The molecule has 0 fully saturated rings. The lowest BCUT2D eigenvalue weighted by Crippen LogP contribution is -2.45. The molecule has 0 saturated heterocycles. The molecule has 6 heteroatoms. The Morgan fingerprint density at radius 3 is 0.816 bits per heavy atom. The van der Waals surface area contributed by atoms with Gasteiger partial charge >= 0.3 is 5.97 Å². The van der Waals surface area contributed by atoms with Gasteiger partial charge in [0.1, 0.15) is 0 Å². The first-order valence-corrected chi connectivity index (χ1v) is 40.1. The second-order valence-electron chi connectivity index (χ2n) is 27.8. The van der Waals surface area contributed by atoms with Crippen LogP contribution in [0.4, 0.5) is 0 Å². The summed E-state index contributed by atoms with van der Waals surface area (Å²) < 4.78 is 5.51. The maximum absolute atomic E-state index is 12.5. The average molecular weight is 1230 g/mol. The largest absolute Gasteiger partial charge is 0.466 e. The molecule has 0 bridgehead atoms. The van der Waals surface area contributed by atoms with E-state index in [1.165, 1.54) is 385 Å². The molecule has 0 aromatic rings. The topological polar surface area (TPSA) is 95.9 Å². The molecule has 2 atom stereocenters. The van der Waals surface area contributed by atoms with Crippen molar-refractivity contribution < 1.29 is 24.5 Å². The Kier molecular flexibility index (Phi) is 75.3. The van der Waals surface area contributed by atoms with E-state index in [0.717, 1.165) is 44.9 Å². The van der Waals surface area contributed by atoms with Gasteiger partial charge in [-0.15, -0.1) is 0 Å². The van der Waals surface area contributed by atoms with Crippen LogP contribution in [0.1, 0.15) is 457 Å². The van der Waals surface area contributed by atoms with Gasteiger partial charge < -0.3 is 20.3 Å². The van der Waals surface area contributed by atoms with Crippen LogP contribution in [0.3, 0.4) is 0 Å². The van der Waals surface area contributed by atoms with Gasteiger partial charge in [-0.2, -0.15) is 0 Å². The molecule has 0 rings (SSSR count). The van der Waals surface area contributed by atoms with Crippen LogP contribution in [0.25, 0.3) is 0 Å². The quantitative estimate of drug-likeness (QED) is 0.0320. The second-order valence-corrected chi connectivity index (χ2v) is 27.8. The van der Waals surface area contributed by atoms with Gasteiger partial charge in [-0.25, -0.2) is 0 Å². The van der Waals surface area contributed by atoms with Crippen LogP contribution in [0.15, 0.2) is 24.3 Å². The number of esters is 1. The first-order chi connectivity index (χ1) is 43.0. The summed E-state index contributed by atoms with van der Waals surface area (Å²) in [6.07, 6.45) is 98.7. The summed E-state index contributed by atoms with van der Waals surface area (Å²) in [7, 11) is 0. The Bertz CT molecular complexity index is 1360. The second kappa shape index (κ2) is 76.8. The normalized spacial score (nSPS) is 12.6. The van der Waals surface area contributed by atoms with Crippen LogP contribution in [0, 0.1) is 0 Å². The zero-order chi connectivity index (χ0) is 62.8. The minimum atomic E-state index is -0.843. The number of carbonyl (C=O) groups is 2. The number of rotatable bonds is 76. The van der Waals surface area contributed by atoms with Crippen LogP contribution in [0.5, 0.6) is 0 Å². The smallest absolute Gasteiger partial charge is 0.305 e. The van der Waals surface area contributed by atoms with Gasteiger partial charge in [-0.1, -0.05) is 411 Å². The summed E-state index contributed by atoms with van der Waals surface area (Å²) in [5, 5.41) is 23.3. The molecule has 516 valence electrons. The molecule has 0 aliphatic carbocycles. The number of amides is 1. The first kappa shape index (κ1) is 85.3. The lowest BCUT2D eigenvalue weighted by molar-refractivity contribution is -0.143. The fourth-order valence-electron chi connectivity index (χ4n) is 12.9. The predicted molar refractivity (Wildman–Crippen MR) is 384 cm³/mol. The highest BCUT2D eigenvalue weighted by atomic mass is 16.5.